The summed E-state index contributed by atoms with van der Waals surface area (Å²) >= 11 is 4.69. The summed E-state index contributed by atoms with van der Waals surface area (Å²) in [5.41, 5.74) is 0.709. The van der Waals surface area contributed by atoms with Gasteiger partial charge in [0, 0.05) is 5.56 Å². The van der Waals surface area contributed by atoms with Crippen molar-refractivity contribution in [2.75, 3.05) is 12.4 Å². The molecular formula is C21H24ClN3O4S. The predicted molar refractivity (Wildman–Crippen MR) is 119 cm³/mol. The molecule has 0 saturated heterocycles. The maximum absolute atomic E-state index is 12.6. The van der Waals surface area contributed by atoms with Crippen LogP contribution in [0, 0.1) is 5.41 Å². The fourth-order valence-corrected chi connectivity index (χ4v) is 3.78. The van der Waals surface area contributed by atoms with Crippen molar-refractivity contribution >= 4 is 46.4 Å². The zero-order valence-corrected chi connectivity index (χ0v) is 18.8. The normalized spacial score (nSPS) is 12.1. The smallest absolute Gasteiger partial charge is 0.412 e. The van der Waals surface area contributed by atoms with Gasteiger partial charge in [-0.2, -0.15) is 4.31 Å². The van der Waals surface area contributed by atoms with Crippen LogP contribution in [-0.2, 0) is 27.5 Å². The SMILES string of the molecule is CN(C(=O)C(=N)c1cccc(NC(=O)OCc2ccccc2)c1Cl)[S@+]([O-])C(C)(C)C. The standard InChI is InChI=1S/C21H24ClN3O4S/c1-21(2,3)30(28)25(4)19(26)18(23)15-11-8-12-16(17(15)22)24-20(27)29-13-14-9-6-5-7-10-14/h5-12,23H,13H2,1-4H3,(H,24,27)/t30-/m1/s1. The number of hydrogen-bond donors (Lipinski definition) is 2. The van der Waals surface area contributed by atoms with Crippen LogP contribution in [0.25, 0.3) is 0 Å². The van der Waals surface area contributed by atoms with E-state index in [0.717, 1.165) is 9.87 Å². The van der Waals surface area contributed by atoms with Gasteiger partial charge in [0.1, 0.15) is 17.1 Å². The van der Waals surface area contributed by atoms with E-state index >= 15 is 0 Å². The van der Waals surface area contributed by atoms with Crippen LogP contribution in [0.1, 0.15) is 31.9 Å². The summed E-state index contributed by atoms with van der Waals surface area (Å²) in [5.74, 6) is -0.742. The molecule has 0 aliphatic heterocycles. The van der Waals surface area contributed by atoms with E-state index in [1.54, 1.807) is 26.8 Å². The first-order valence-electron chi connectivity index (χ1n) is 9.07. The molecule has 2 N–H and O–H groups in total. The van der Waals surface area contributed by atoms with Crippen LogP contribution >= 0.6 is 11.6 Å². The fraction of sp³-hybridized carbons (Fsp3) is 0.286. The van der Waals surface area contributed by atoms with Gasteiger partial charge in [-0.1, -0.05) is 54.1 Å². The Morgan fingerprint density at radius 2 is 1.80 bits per heavy atom. The number of ether oxygens (including phenoxy) is 1. The molecule has 0 aliphatic rings. The van der Waals surface area contributed by atoms with Crippen molar-refractivity contribution in [2.45, 2.75) is 32.1 Å². The molecule has 2 rings (SSSR count). The Morgan fingerprint density at radius 3 is 2.40 bits per heavy atom. The highest BCUT2D eigenvalue weighted by Gasteiger charge is 2.36. The van der Waals surface area contributed by atoms with Gasteiger partial charge in [0.05, 0.1) is 29.1 Å². The van der Waals surface area contributed by atoms with E-state index in [0.29, 0.717) is 0 Å². The number of hydrogen-bond acceptors (Lipinski definition) is 5. The van der Waals surface area contributed by atoms with Crippen LogP contribution in [0.3, 0.4) is 0 Å². The van der Waals surface area contributed by atoms with Gasteiger partial charge in [0.2, 0.25) is 0 Å². The van der Waals surface area contributed by atoms with Crippen LogP contribution in [0.15, 0.2) is 48.5 Å². The summed E-state index contributed by atoms with van der Waals surface area (Å²) in [5, 5.41) is 10.8. The molecule has 0 aliphatic carbocycles. The number of carbonyl (C=O) groups is 2. The molecule has 2 aromatic rings. The third kappa shape index (κ3) is 5.98. The van der Waals surface area contributed by atoms with Crippen molar-refractivity contribution in [1.82, 2.24) is 4.31 Å². The maximum atomic E-state index is 12.6. The van der Waals surface area contributed by atoms with Crippen molar-refractivity contribution < 1.29 is 18.9 Å². The molecule has 0 spiro atoms. The summed E-state index contributed by atoms with van der Waals surface area (Å²) < 4.78 is 17.9. The Morgan fingerprint density at radius 1 is 1.17 bits per heavy atom. The van der Waals surface area contributed by atoms with Crippen molar-refractivity contribution in [3.63, 3.8) is 0 Å². The van der Waals surface area contributed by atoms with E-state index in [4.69, 9.17) is 21.7 Å². The Labute approximate surface area is 184 Å². The number of carbonyl (C=O) groups excluding carboxylic acids is 2. The van der Waals surface area contributed by atoms with Gasteiger partial charge < -0.3 is 9.29 Å². The number of anilines is 1. The molecule has 0 heterocycles. The molecule has 0 aromatic heterocycles. The quantitative estimate of drug-likeness (QED) is 0.504. The minimum absolute atomic E-state index is 0.0162. The molecular weight excluding hydrogens is 426 g/mol. The van der Waals surface area contributed by atoms with Gasteiger partial charge in [0.15, 0.2) is 0 Å². The average molecular weight is 450 g/mol. The van der Waals surface area contributed by atoms with E-state index in [1.807, 2.05) is 30.3 Å². The van der Waals surface area contributed by atoms with Crippen molar-refractivity contribution in [2.24, 2.45) is 0 Å². The van der Waals surface area contributed by atoms with Crippen molar-refractivity contribution in [1.29, 1.82) is 5.41 Å². The molecule has 0 bridgehead atoms. The molecule has 7 nitrogen and oxygen atoms in total. The lowest BCUT2D eigenvalue weighted by Gasteiger charge is -2.29. The zero-order chi connectivity index (χ0) is 22.5. The number of nitrogens with one attached hydrogen (secondary N) is 2. The van der Waals surface area contributed by atoms with E-state index in [2.05, 4.69) is 5.32 Å². The van der Waals surface area contributed by atoms with Gasteiger partial charge in [-0.05, 0) is 32.4 Å². The van der Waals surface area contributed by atoms with Gasteiger partial charge in [-0.15, -0.1) is 0 Å². The van der Waals surface area contributed by atoms with Crippen LogP contribution in [0.2, 0.25) is 5.02 Å². The van der Waals surface area contributed by atoms with Crippen LogP contribution in [-0.4, -0.2) is 38.4 Å². The fourth-order valence-electron chi connectivity index (χ4n) is 2.45. The van der Waals surface area contributed by atoms with E-state index in [-0.39, 0.29) is 22.9 Å². The maximum Gasteiger partial charge on any atom is 0.412 e. The molecule has 0 saturated carbocycles. The number of likely N-dealkylation sites (N-methyl/N-ethyl adjacent to an activating group) is 1. The second-order valence-electron chi connectivity index (χ2n) is 7.39. The number of benzene rings is 2. The molecule has 30 heavy (non-hydrogen) atoms. The van der Waals surface area contributed by atoms with Gasteiger partial charge in [-0.25, -0.2) is 4.79 Å². The summed E-state index contributed by atoms with van der Waals surface area (Å²) in [7, 11) is 1.37. The highest BCUT2D eigenvalue weighted by Crippen LogP contribution is 2.28. The summed E-state index contributed by atoms with van der Waals surface area (Å²) in [4.78, 5) is 24.7. The van der Waals surface area contributed by atoms with Crippen LogP contribution < -0.4 is 5.32 Å². The minimum Gasteiger partial charge on any atom is -0.592 e. The first-order chi connectivity index (χ1) is 14.0. The number of nitrogens with zero attached hydrogens (tertiary/aromatic N) is 1. The monoisotopic (exact) mass is 449 g/mol. The molecule has 2 aromatic carbocycles. The minimum atomic E-state index is -1.64. The average Bonchev–Trinajstić information content (AvgIpc) is 2.71. The second kappa shape index (κ2) is 9.97. The zero-order valence-electron chi connectivity index (χ0n) is 17.2. The van der Waals surface area contributed by atoms with Gasteiger partial charge in [-0.3, -0.25) is 15.5 Å². The van der Waals surface area contributed by atoms with Crippen molar-refractivity contribution in [3.05, 3.63) is 64.7 Å². The summed E-state index contributed by atoms with van der Waals surface area (Å²) in [6, 6.07) is 13.8. The molecule has 0 fully saturated rings. The topological polar surface area (TPSA) is 106 Å². The Bertz CT molecular complexity index is 932. The first-order valence-corrected chi connectivity index (χ1v) is 10.6. The molecule has 160 valence electrons. The number of rotatable bonds is 6. The first kappa shape index (κ1) is 23.7. The molecule has 0 radical (unpaired) electrons. The lowest BCUT2D eigenvalue weighted by atomic mass is 10.1. The number of halogens is 1. The second-order valence-corrected chi connectivity index (χ2v) is 10.0. The lowest BCUT2D eigenvalue weighted by molar-refractivity contribution is -0.119. The highest BCUT2D eigenvalue weighted by molar-refractivity contribution is 7.91. The van der Waals surface area contributed by atoms with E-state index in [1.165, 1.54) is 19.2 Å². The van der Waals surface area contributed by atoms with Gasteiger partial charge in [0.25, 0.3) is 0 Å². The van der Waals surface area contributed by atoms with E-state index < -0.39 is 33.8 Å². The molecule has 9 heteroatoms. The summed E-state index contributed by atoms with van der Waals surface area (Å²) in [6.45, 7) is 5.28. The molecule has 1 atom stereocenters. The largest absolute Gasteiger partial charge is 0.592 e. The highest BCUT2D eigenvalue weighted by atomic mass is 35.5. The Hall–Kier alpha value is -2.55. The number of amides is 2. The molecule has 0 unspecified atom stereocenters. The van der Waals surface area contributed by atoms with Crippen molar-refractivity contribution in [3.8, 4) is 0 Å². The van der Waals surface area contributed by atoms with Crippen LogP contribution in [0.4, 0.5) is 10.5 Å². The van der Waals surface area contributed by atoms with Crippen LogP contribution in [0.5, 0.6) is 0 Å². The Balaban J connectivity index is 2.10. The van der Waals surface area contributed by atoms with Gasteiger partial charge >= 0.3 is 12.0 Å². The third-order valence-corrected chi connectivity index (χ3v) is 6.11. The van der Waals surface area contributed by atoms with E-state index in [9.17, 15) is 14.1 Å². The third-order valence-electron chi connectivity index (χ3n) is 3.99. The summed E-state index contributed by atoms with van der Waals surface area (Å²) in [6.07, 6.45) is -0.721. The predicted octanol–water partition coefficient (Wildman–Crippen LogP) is 4.38. The Kier molecular flexibility index (Phi) is 7.89. The lowest BCUT2D eigenvalue weighted by Crippen LogP contribution is -2.46. The molecule has 2 amide bonds.